The molecule has 2 aromatic rings. The van der Waals surface area contributed by atoms with Gasteiger partial charge in [-0.15, -0.1) is 0 Å². The maximum atomic E-state index is 12.6. The fourth-order valence-electron chi connectivity index (χ4n) is 4.02. The number of hydrogen-bond donors (Lipinski definition) is 0. The van der Waals surface area contributed by atoms with Crippen molar-refractivity contribution in [2.24, 2.45) is 0 Å². The van der Waals surface area contributed by atoms with Gasteiger partial charge >= 0.3 is 0 Å². The van der Waals surface area contributed by atoms with E-state index in [1.807, 2.05) is 29.2 Å². The summed E-state index contributed by atoms with van der Waals surface area (Å²) in [6.45, 7) is 2.78. The topological polar surface area (TPSA) is 42.0 Å². The van der Waals surface area contributed by atoms with Crippen LogP contribution in [-0.2, 0) is 11.3 Å². The summed E-state index contributed by atoms with van der Waals surface area (Å²) in [6, 6.07) is 16.0. The smallest absolute Gasteiger partial charge is 0.241 e. The van der Waals surface area contributed by atoms with Crippen molar-refractivity contribution in [3.8, 4) is 11.5 Å². The van der Waals surface area contributed by atoms with Gasteiger partial charge < -0.3 is 14.4 Å². The van der Waals surface area contributed by atoms with E-state index in [0.29, 0.717) is 19.2 Å². The molecule has 5 heteroatoms. The van der Waals surface area contributed by atoms with Gasteiger partial charge in [0.25, 0.3) is 0 Å². The van der Waals surface area contributed by atoms with Gasteiger partial charge in [-0.3, -0.25) is 9.69 Å². The Morgan fingerprint density at radius 3 is 2.25 bits per heavy atom. The quantitative estimate of drug-likeness (QED) is 0.763. The molecule has 0 spiro atoms. The minimum atomic E-state index is 0.137. The average molecular weight is 380 g/mol. The minimum absolute atomic E-state index is 0.137. The van der Waals surface area contributed by atoms with E-state index in [0.717, 1.165) is 30.3 Å². The fraction of sp³-hybridized carbons (Fsp3) is 0.435. The number of amides is 1. The molecule has 0 N–H and O–H groups in total. The van der Waals surface area contributed by atoms with Crippen molar-refractivity contribution in [3.05, 3.63) is 54.1 Å². The number of rotatable bonds is 6. The van der Waals surface area contributed by atoms with E-state index in [1.165, 1.54) is 31.2 Å². The van der Waals surface area contributed by atoms with Crippen LogP contribution in [0.15, 0.2) is 48.5 Å². The van der Waals surface area contributed by atoms with Crippen molar-refractivity contribution in [3.63, 3.8) is 0 Å². The highest BCUT2D eigenvalue weighted by Crippen LogP contribution is 2.25. The van der Waals surface area contributed by atoms with Crippen molar-refractivity contribution >= 4 is 11.6 Å². The highest BCUT2D eigenvalue weighted by Gasteiger charge is 2.25. The van der Waals surface area contributed by atoms with Gasteiger partial charge in [0.1, 0.15) is 11.5 Å². The maximum absolute atomic E-state index is 12.6. The van der Waals surface area contributed by atoms with Gasteiger partial charge in [-0.1, -0.05) is 12.1 Å². The third kappa shape index (κ3) is 4.47. The van der Waals surface area contributed by atoms with Crippen molar-refractivity contribution in [2.75, 3.05) is 31.6 Å². The lowest BCUT2D eigenvalue weighted by molar-refractivity contribution is -0.121. The second kappa shape index (κ2) is 8.65. The van der Waals surface area contributed by atoms with Crippen molar-refractivity contribution in [1.82, 2.24) is 4.90 Å². The lowest BCUT2D eigenvalue weighted by atomic mass is 10.1. The first-order chi connectivity index (χ1) is 13.7. The summed E-state index contributed by atoms with van der Waals surface area (Å²) in [7, 11) is 1.65. The van der Waals surface area contributed by atoms with Crippen molar-refractivity contribution in [1.29, 1.82) is 0 Å². The number of benzene rings is 2. The first-order valence-corrected chi connectivity index (χ1v) is 10.1. The molecule has 0 aromatic heterocycles. The number of anilines is 1. The van der Waals surface area contributed by atoms with Crippen LogP contribution in [0.3, 0.4) is 0 Å². The summed E-state index contributed by atoms with van der Waals surface area (Å²) >= 11 is 0. The van der Waals surface area contributed by atoms with Crippen LogP contribution >= 0.6 is 0 Å². The third-order valence-electron chi connectivity index (χ3n) is 5.62. The first-order valence-electron chi connectivity index (χ1n) is 10.1. The molecule has 0 radical (unpaired) electrons. The summed E-state index contributed by atoms with van der Waals surface area (Å²) in [5.41, 5.74) is 2.14. The molecule has 0 bridgehead atoms. The summed E-state index contributed by atoms with van der Waals surface area (Å²) in [4.78, 5) is 16.7. The van der Waals surface area contributed by atoms with Gasteiger partial charge in [0.15, 0.2) is 0 Å². The molecule has 0 atom stereocenters. The molecule has 4 rings (SSSR count). The predicted molar refractivity (Wildman–Crippen MR) is 110 cm³/mol. The molecule has 2 aliphatic rings. The SMILES string of the molecule is COc1ccc(N2CCN(Cc3ccc(OC4CCCC4)cc3)CC2=O)cc1. The molecule has 28 heavy (non-hydrogen) atoms. The van der Waals surface area contributed by atoms with Crippen LogP contribution in [0, 0.1) is 0 Å². The molecule has 1 amide bonds. The Kier molecular flexibility index (Phi) is 5.81. The summed E-state index contributed by atoms with van der Waals surface area (Å²) in [5, 5.41) is 0. The second-order valence-corrected chi connectivity index (χ2v) is 7.62. The number of carbonyl (C=O) groups is 1. The standard InChI is InChI=1S/C23H28N2O3/c1-27-20-12-8-19(9-13-20)25-15-14-24(17-23(25)26)16-18-6-10-22(11-7-18)28-21-4-2-3-5-21/h6-13,21H,2-5,14-17H2,1H3. The zero-order chi connectivity index (χ0) is 19.3. The normalized spacial score (nSPS) is 18.5. The van der Waals surface area contributed by atoms with E-state index < -0.39 is 0 Å². The Bertz CT molecular complexity index is 782. The Morgan fingerprint density at radius 1 is 0.929 bits per heavy atom. The highest BCUT2D eigenvalue weighted by atomic mass is 16.5. The molecule has 1 aliphatic carbocycles. The van der Waals surface area contributed by atoms with E-state index in [-0.39, 0.29) is 5.91 Å². The largest absolute Gasteiger partial charge is 0.497 e. The zero-order valence-corrected chi connectivity index (χ0v) is 16.5. The molecule has 1 heterocycles. The van der Waals surface area contributed by atoms with Crippen LogP contribution in [-0.4, -0.2) is 43.7 Å². The number of piperazine rings is 1. The fourth-order valence-corrected chi connectivity index (χ4v) is 4.02. The Morgan fingerprint density at radius 2 is 1.61 bits per heavy atom. The Hall–Kier alpha value is -2.53. The molecule has 0 unspecified atom stereocenters. The maximum Gasteiger partial charge on any atom is 0.241 e. The van der Waals surface area contributed by atoms with E-state index in [1.54, 1.807) is 7.11 Å². The number of hydrogen-bond acceptors (Lipinski definition) is 4. The van der Waals surface area contributed by atoms with E-state index >= 15 is 0 Å². The van der Waals surface area contributed by atoms with Crippen LogP contribution in [0.1, 0.15) is 31.2 Å². The number of methoxy groups -OCH3 is 1. The summed E-state index contributed by atoms with van der Waals surface area (Å²) < 4.78 is 11.2. The molecular weight excluding hydrogens is 352 g/mol. The number of carbonyl (C=O) groups excluding carboxylic acids is 1. The molecule has 2 fully saturated rings. The highest BCUT2D eigenvalue weighted by molar-refractivity contribution is 5.95. The van der Waals surface area contributed by atoms with E-state index in [4.69, 9.17) is 9.47 Å². The molecular formula is C23H28N2O3. The molecule has 1 saturated carbocycles. The summed E-state index contributed by atoms with van der Waals surface area (Å²) in [6.07, 6.45) is 5.28. The minimum Gasteiger partial charge on any atom is -0.497 e. The Labute approximate surface area is 166 Å². The first kappa shape index (κ1) is 18.8. The molecule has 148 valence electrons. The van der Waals surface area contributed by atoms with Gasteiger partial charge in [0.05, 0.1) is 19.8 Å². The van der Waals surface area contributed by atoms with Crippen molar-refractivity contribution < 1.29 is 14.3 Å². The third-order valence-corrected chi connectivity index (χ3v) is 5.62. The molecule has 5 nitrogen and oxygen atoms in total. The zero-order valence-electron chi connectivity index (χ0n) is 16.5. The van der Waals surface area contributed by atoms with Crippen LogP contribution < -0.4 is 14.4 Å². The van der Waals surface area contributed by atoms with E-state index in [9.17, 15) is 4.79 Å². The van der Waals surface area contributed by atoms with Gasteiger partial charge in [0.2, 0.25) is 5.91 Å². The lowest BCUT2D eigenvalue weighted by Gasteiger charge is -2.34. The van der Waals surface area contributed by atoms with Crippen LogP contribution in [0.2, 0.25) is 0 Å². The van der Waals surface area contributed by atoms with Crippen LogP contribution in [0.5, 0.6) is 11.5 Å². The van der Waals surface area contributed by atoms with Gasteiger partial charge in [-0.05, 0) is 67.6 Å². The molecule has 1 saturated heterocycles. The van der Waals surface area contributed by atoms with E-state index in [2.05, 4.69) is 29.2 Å². The second-order valence-electron chi connectivity index (χ2n) is 7.62. The molecule has 1 aliphatic heterocycles. The van der Waals surface area contributed by atoms with Crippen molar-refractivity contribution in [2.45, 2.75) is 38.3 Å². The average Bonchev–Trinajstić information content (AvgIpc) is 3.23. The van der Waals surface area contributed by atoms with Gasteiger partial charge in [-0.2, -0.15) is 0 Å². The Balaban J connectivity index is 1.31. The van der Waals surface area contributed by atoms with Crippen LogP contribution in [0.4, 0.5) is 5.69 Å². The van der Waals surface area contributed by atoms with Crippen LogP contribution in [0.25, 0.3) is 0 Å². The van der Waals surface area contributed by atoms with Gasteiger partial charge in [-0.25, -0.2) is 0 Å². The molecule has 2 aromatic carbocycles. The monoisotopic (exact) mass is 380 g/mol. The van der Waals surface area contributed by atoms with Gasteiger partial charge in [0, 0.05) is 25.3 Å². The number of nitrogens with zero attached hydrogens (tertiary/aromatic N) is 2. The predicted octanol–water partition coefficient (Wildman–Crippen LogP) is 3.87. The number of ether oxygens (including phenoxy) is 2. The summed E-state index contributed by atoms with van der Waals surface area (Å²) in [5.74, 6) is 1.89. The lowest BCUT2D eigenvalue weighted by Crippen LogP contribution is -2.50.